The molecule has 5 nitrogen and oxygen atoms in total. The van der Waals surface area contributed by atoms with Gasteiger partial charge in [-0.3, -0.25) is 10.6 Å². The molecule has 0 spiro atoms. The zero-order valence-electron chi connectivity index (χ0n) is 16.5. The fourth-order valence-electron chi connectivity index (χ4n) is 3.48. The Bertz CT molecular complexity index is 1020. The number of benzene rings is 2. The first-order valence-corrected chi connectivity index (χ1v) is 9.77. The molecule has 8 heteroatoms. The first-order chi connectivity index (χ1) is 14.8. The maximum absolute atomic E-state index is 12.1. The molecule has 2 aromatic carbocycles. The van der Waals surface area contributed by atoms with Crippen LogP contribution in [0.15, 0.2) is 66.3 Å². The molecule has 0 saturated heterocycles. The smallest absolute Gasteiger partial charge is 0.402 e. The average molecular weight is 430 g/mol. The summed E-state index contributed by atoms with van der Waals surface area (Å²) in [4.78, 5) is 11.1. The van der Waals surface area contributed by atoms with Gasteiger partial charge < -0.3 is 9.47 Å². The number of ketones is 1. The zero-order valence-corrected chi connectivity index (χ0v) is 16.5. The lowest BCUT2D eigenvalue weighted by Crippen LogP contribution is -2.41. The van der Waals surface area contributed by atoms with Crippen molar-refractivity contribution in [2.24, 2.45) is 5.84 Å². The van der Waals surface area contributed by atoms with Crippen LogP contribution in [0.2, 0.25) is 0 Å². The Morgan fingerprint density at radius 3 is 2.45 bits per heavy atom. The Hall–Kier alpha value is -3.10. The number of alkyl halides is 3. The SMILES string of the molecule is NN(CC(F)(F)F)C1CC1c1ccccc1.O=C1C=CC1=Cc1ccc2c(c1)OCO2. The van der Waals surface area contributed by atoms with Crippen molar-refractivity contribution in [3.8, 4) is 11.5 Å². The van der Waals surface area contributed by atoms with E-state index in [-0.39, 0.29) is 24.5 Å². The van der Waals surface area contributed by atoms with Gasteiger partial charge in [-0.05, 0) is 47.9 Å². The molecule has 0 aromatic heterocycles. The summed E-state index contributed by atoms with van der Waals surface area (Å²) in [5, 5.41) is 0.900. The molecule has 0 bridgehead atoms. The summed E-state index contributed by atoms with van der Waals surface area (Å²) >= 11 is 0. The third-order valence-electron chi connectivity index (χ3n) is 5.19. The van der Waals surface area contributed by atoms with E-state index in [1.807, 2.05) is 54.6 Å². The topological polar surface area (TPSA) is 64.8 Å². The number of nitrogens with two attached hydrogens (primary N) is 1. The van der Waals surface area contributed by atoms with Crippen molar-refractivity contribution in [2.75, 3.05) is 13.3 Å². The third kappa shape index (κ3) is 5.34. The molecule has 0 radical (unpaired) electrons. The normalized spacial score (nSPS) is 22.2. The Morgan fingerprint density at radius 1 is 1.06 bits per heavy atom. The summed E-state index contributed by atoms with van der Waals surface area (Å²) in [7, 11) is 0. The summed E-state index contributed by atoms with van der Waals surface area (Å²) < 4.78 is 46.7. The van der Waals surface area contributed by atoms with Crippen molar-refractivity contribution < 1.29 is 27.4 Å². The summed E-state index contributed by atoms with van der Waals surface area (Å²) in [5.74, 6) is 7.12. The summed E-state index contributed by atoms with van der Waals surface area (Å²) in [6, 6.07) is 14.9. The molecule has 1 fully saturated rings. The Balaban J connectivity index is 0.000000149. The lowest BCUT2D eigenvalue weighted by Gasteiger charge is -2.18. The molecule has 2 N–H and O–H groups in total. The predicted octanol–water partition coefficient (Wildman–Crippen LogP) is 4.22. The molecule has 0 amide bonds. The molecule has 2 unspecified atom stereocenters. The second-order valence-corrected chi connectivity index (χ2v) is 7.52. The van der Waals surface area contributed by atoms with Crippen LogP contribution in [-0.4, -0.2) is 36.3 Å². The van der Waals surface area contributed by atoms with E-state index in [4.69, 9.17) is 15.3 Å². The second-order valence-electron chi connectivity index (χ2n) is 7.52. The van der Waals surface area contributed by atoms with Crippen molar-refractivity contribution in [3.05, 3.63) is 77.4 Å². The summed E-state index contributed by atoms with van der Waals surface area (Å²) in [6.45, 7) is -0.769. The molecule has 5 rings (SSSR count). The van der Waals surface area contributed by atoms with Crippen LogP contribution < -0.4 is 15.3 Å². The number of nitrogens with zero attached hydrogens (tertiary/aromatic N) is 1. The highest BCUT2D eigenvalue weighted by Gasteiger charge is 2.45. The number of hydrogen-bond donors (Lipinski definition) is 1. The number of allylic oxidation sites excluding steroid dienone is 3. The highest BCUT2D eigenvalue weighted by molar-refractivity contribution is 6.16. The lowest BCUT2D eigenvalue weighted by molar-refractivity contribution is -0.147. The summed E-state index contributed by atoms with van der Waals surface area (Å²) in [5.41, 5.74) is 2.74. The zero-order chi connectivity index (χ0) is 22.0. The van der Waals surface area contributed by atoms with Crippen LogP contribution in [0.25, 0.3) is 6.08 Å². The van der Waals surface area contributed by atoms with Crippen LogP contribution in [0.5, 0.6) is 11.5 Å². The van der Waals surface area contributed by atoms with Crippen LogP contribution in [0.4, 0.5) is 13.2 Å². The fourth-order valence-corrected chi connectivity index (χ4v) is 3.48. The number of halogens is 3. The van der Waals surface area contributed by atoms with E-state index in [0.717, 1.165) is 33.2 Å². The van der Waals surface area contributed by atoms with Gasteiger partial charge in [0, 0.05) is 17.5 Å². The van der Waals surface area contributed by atoms with Gasteiger partial charge in [0.25, 0.3) is 0 Å². The van der Waals surface area contributed by atoms with Gasteiger partial charge in [0.1, 0.15) is 6.54 Å². The maximum atomic E-state index is 12.1. The fraction of sp³-hybridized carbons (Fsp3) is 0.261. The van der Waals surface area contributed by atoms with Crippen LogP contribution in [0.1, 0.15) is 23.5 Å². The van der Waals surface area contributed by atoms with Gasteiger partial charge in [0.05, 0.1) is 0 Å². The van der Waals surface area contributed by atoms with E-state index < -0.39 is 12.7 Å². The van der Waals surface area contributed by atoms with E-state index in [1.54, 1.807) is 12.2 Å². The van der Waals surface area contributed by atoms with Crippen molar-refractivity contribution >= 4 is 11.9 Å². The first-order valence-electron chi connectivity index (χ1n) is 9.77. The second kappa shape index (κ2) is 8.56. The van der Waals surface area contributed by atoms with Gasteiger partial charge >= 0.3 is 6.18 Å². The van der Waals surface area contributed by atoms with Gasteiger partial charge in [-0.1, -0.05) is 36.4 Å². The van der Waals surface area contributed by atoms with Crippen molar-refractivity contribution in [1.29, 1.82) is 0 Å². The molecule has 31 heavy (non-hydrogen) atoms. The van der Waals surface area contributed by atoms with E-state index >= 15 is 0 Å². The monoisotopic (exact) mass is 430 g/mol. The quantitative estimate of drug-likeness (QED) is 0.447. The molecule has 2 aliphatic carbocycles. The number of ether oxygens (including phenoxy) is 2. The van der Waals surface area contributed by atoms with Crippen LogP contribution >= 0.6 is 0 Å². The van der Waals surface area contributed by atoms with Crippen molar-refractivity contribution in [3.63, 3.8) is 0 Å². The minimum atomic E-state index is -4.22. The Labute approximate surface area is 177 Å². The van der Waals surface area contributed by atoms with Crippen LogP contribution in [0, 0.1) is 0 Å². The van der Waals surface area contributed by atoms with E-state index in [2.05, 4.69) is 0 Å². The molecule has 1 heterocycles. The highest BCUT2D eigenvalue weighted by atomic mass is 19.4. The number of hydrogen-bond acceptors (Lipinski definition) is 5. The van der Waals surface area contributed by atoms with Gasteiger partial charge in [-0.25, -0.2) is 5.01 Å². The van der Waals surface area contributed by atoms with Gasteiger partial charge in [-0.2, -0.15) is 13.2 Å². The van der Waals surface area contributed by atoms with Gasteiger partial charge in [0.2, 0.25) is 6.79 Å². The largest absolute Gasteiger partial charge is 0.454 e. The van der Waals surface area contributed by atoms with E-state index in [9.17, 15) is 18.0 Å². The lowest BCUT2D eigenvalue weighted by atomic mass is 9.98. The minimum Gasteiger partial charge on any atom is -0.454 e. The highest BCUT2D eigenvalue weighted by Crippen LogP contribution is 2.44. The molecule has 1 aliphatic heterocycles. The van der Waals surface area contributed by atoms with Gasteiger partial charge in [-0.15, -0.1) is 0 Å². The Kier molecular flexibility index (Phi) is 5.84. The van der Waals surface area contributed by atoms with E-state index in [1.165, 1.54) is 0 Å². The third-order valence-corrected chi connectivity index (χ3v) is 5.19. The number of fused-ring (bicyclic) bond motifs is 1. The molecule has 162 valence electrons. The molecule has 3 aliphatic rings. The average Bonchev–Trinajstić information content (AvgIpc) is 3.41. The molecular formula is C23H21F3N2O3. The van der Waals surface area contributed by atoms with Crippen molar-refractivity contribution in [1.82, 2.24) is 5.01 Å². The van der Waals surface area contributed by atoms with Crippen LogP contribution in [0.3, 0.4) is 0 Å². The minimum absolute atomic E-state index is 0.0765. The van der Waals surface area contributed by atoms with E-state index in [0.29, 0.717) is 6.42 Å². The van der Waals surface area contributed by atoms with Gasteiger partial charge in [0.15, 0.2) is 17.3 Å². The summed E-state index contributed by atoms with van der Waals surface area (Å²) in [6.07, 6.45) is 1.67. The molecule has 2 atom stereocenters. The number of hydrazine groups is 1. The maximum Gasteiger partial charge on any atom is 0.402 e. The number of carbonyl (C=O) groups is 1. The standard InChI is InChI=1S/C12H8O3.C11H13F3N2/c13-10-3-2-9(10)5-8-1-4-11-12(6-8)15-7-14-11;12-11(13,14)7-16(15)10-6-9(10)8-4-2-1-3-5-8/h1-6H,7H2;1-5,9-10H,6-7,15H2. The van der Waals surface area contributed by atoms with Crippen molar-refractivity contribution in [2.45, 2.75) is 24.6 Å². The first kappa shape index (κ1) is 21.1. The molecule has 1 saturated carbocycles. The Morgan fingerprint density at radius 2 is 1.81 bits per heavy atom. The predicted molar refractivity (Wildman–Crippen MR) is 109 cm³/mol. The molecule has 2 aromatic rings. The molecular weight excluding hydrogens is 409 g/mol. The number of carbonyl (C=O) groups excluding carboxylic acids is 1. The van der Waals surface area contributed by atoms with Crippen LogP contribution in [-0.2, 0) is 4.79 Å². The number of rotatable bonds is 4.